The number of esters is 1. The first-order valence-corrected chi connectivity index (χ1v) is 5.18. The van der Waals surface area contributed by atoms with Gasteiger partial charge in [-0.15, -0.1) is 0 Å². The molecule has 0 N–H and O–H groups in total. The summed E-state index contributed by atoms with van der Waals surface area (Å²) in [4.78, 5) is 11.2. The van der Waals surface area contributed by atoms with E-state index in [9.17, 15) is 4.79 Å². The van der Waals surface area contributed by atoms with Crippen molar-refractivity contribution in [3.05, 3.63) is 23.8 Å². The molecular formula is C12H14O3. The van der Waals surface area contributed by atoms with Crippen molar-refractivity contribution in [1.29, 1.82) is 0 Å². The van der Waals surface area contributed by atoms with Crippen LogP contribution in [0.15, 0.2) is 18.2 Å². The number of fused-ring (bicyclic) bond motifs is 1. The standard InChI is InChI=1S/C12H14O3/c1-3-14-9-4-5-10-8(2)6-12(13)15-11(10)7-9/h4-5,7-8H,3,6H2,1-2H3. The lowest BCUT2D eigenvalue weighted by atomic mass is 9.95. The topological polar surface area (TPSA) is 35.5 Å². The molecule has 0 aromatic heterocycles. The summed E-state index contributed by atoms with van der Waals surface area (Å²) in [6.45, 7) is 4.57. The summed E-state index contributed by atoms with van der Waals surface area (Å²) in [5, 5.41) is 0. The molecule has 1 aromatic rings. The maximum absolute atomic E-state index is 11.2. The minimum Gasteiger partial charge on any atom is -0.494 e. The third kappa shape index (κ3) is 1.96. The van der Waals surface area contributed by atoms with Gasteiger partial charge < -0.3 is 9.47 Å². The van der Waals surface area contributed by atoms with Crippen LogP contribution in [-0.2, 0) is 4.79 Å². The highest BCUT2D eigenvalue weighted by Gasteiger charge is 2.23. The molecule has 1 atom stereocenters. The molecule has 1 unspecified atom stereocenters. The monoisotopic (exact) mass is 206 g/mol. The smallest absolute Gasteiger partial charge is 0.311 e. The van der Waals surface area contributed by atoms with Crippen LogP contribution in [-0.4, -0.2) is 12.6 Å². The Morgan fingerprint density at radius 2 is 2.33 bits per heavy atom. The quantitative estimate of drug-likeness (QED) is 0.551. The normalized spacial score (nSPS) is 19.3. The summed E-state index contributed by atoms with van der Waals surface area (Å²) >= 11 is 0. The Balaban J connectivity index is 2.34. The summed E-state index contributed by atoms with van der Waals surface area (Å²) in [6.07, 6.45) is 0.459. The zero-order valence-electron chi connectivity index (χ0n) is 8.95. The van der Waals surface area contributed by atoms with Gasteiger partial charge in [0.25, 0.3) is 0 Å². The van der Waals surface area contributed by atoms with Crippen LogP contribution in [0.1, 0.15) is 31.7 Å². The third-order valence-corrected chi connectivity index (χ3v) is 2.52. The van der Waals surface area contributed by atoms with Gasteiger partial charge in [-0.3, -0.25) is 4.79 Å². The van der Waals surface area contributed by atoms with Gasteiger partial charge >= 0.3 is 5.97 Å². The van der Waals surface area contributed by atoms with E-state index in [4.69, 9.17) is 9.47 Å². The van der Waals surface area contributed by atoms with Crippen molar-refractivity contribution in [3.63, 3.8) is 0 Å². The number of ether oxygens (including phenoxy) is 2. The average molecular weight is 206 g/mol. The van der Waals surface area contributed by atoms with Crippen LogP contribution in [0.2, 0.25) is 0 Å². The Labute approximate surface area is 89.0 Å². The van der Waals surface area contributed by atoms with Crippen molar-refractivity contribution in [2.75, 3.05) is 6.61 Å². The molecule has 0 saturated heterocycles. The van der Waals surface area contributed by atoms with Crippen LogP contribution in [0.3, 0.4) is 0 Å². The molecule has 0 aliphatic carbocycles. The zero-order chi connectivity index (χ0) is 10.8. The molecule has 0 spiro atoms. The van der Waals surface area contributed by atoms with Crippen molar-refractivity contribution in [1.82, 2.24) is 0 Å². The summed E-state index contributed by atoms with van der Waals surface area (Å²) in [6, 6.07) is 5.67. The van der Waals surface area contributed by atoms with Gasteiger partial charge in [-0.1, -0.05) is 13.0 Å². The van der Waals surface area contributed by atoms with E-state index in [0.29, 0.717) is 18.8 Å². The molecule has 0 saturated carbocycles. The largest absolute Gasteiger partial charge is 0.494 e. The molecular weight excluding hydrogens is 192 g/mol. The van der Waals surface area contributed by atoms with Crippen LogP contribution in [0.5, 0.6) is 11.5 Å². The highest BCUT2D eigenvalue weighted by atomic mass is 16.5. The number of carbonyl (C=O) groups is 1. The molecule has 0 bridgehead atoms. The van der Waals surface area contributed by atoms with E-state index in [-0.39, 0.29) is 11.9 Å². The number of benzene rings is 1. The summed E-state index contributed by atoms with van der Waals surface area (Å²) in [7, 11) is 0. The van der Waals surface area contributed by atoms with E-state index in [1.165, 1.54) is 0 Å². The van der Waals surface area contributed by atoms with Gasteiger partial charge in [0.05, 0.1) is 13.0 Å². The number of hydrogen-bond donors (Lipinski definition) is 0. The van der Waals surface area contributed by atoms with Gasteiger partial charge in [-0.25, -0.2) is 0 Å². The molecule has 0 amide bonds. The molecule has 0 fully saturated rings. The molecule has 0 radical (unpaired) electrons. The van der Waals surface area contributed by atoms with E-state index in [2.05, 4.69) is 0 Å². The van der Waals surface area contributed by atoms with Crippen molar-refractivity contribution in [3.8, 4) is 11.5 Å². The first-order chi connectivity index (χ1) is 7.20. The molecule has 1 aliphatic heterocycles. The molecule has 1 aliphatic rings. The Kier molecular flexibility index (Phi) is 2.62. The maximum atomic E-state index is 11.2. The first-order valence-electron chi connectivity index (χ1n) is 5.18. The molecule has 15 heavy (non-hydrogen) atoms. The fourth-order valence-corrected chi connectivity index (χ4v) is 1.79. The van der Waals surface area contributed by atoms with E-state index in [0.717, 1.165) is 11.3 Å². The molecule has 80 valence electrons. The van der Waals surface area contributed by atoms with Crippen molar-refractivity contribution < 1.29 is 14.3 Å². The van der Waals surface area contributed by atoms with Crippen LogP contribution in [0.4, 0.5) is 0 Å². The molecule has 1 aromatic carbocycles. The molecule has 2 rings (SSSR count). The van der Waals surface area contributed by atoms with Crippen LogP contribution in [0, 0.1) is 0 Å². The zero-order valence-corrected chi connectivity index (χ0v) is 8.95. The third-order valence-electron chi connectivity index (χ3n) is 2.52. The maximum Gasteiger partial charge on any atom is 0.311 e. The van der Waals surface area contributed by atoms with Crippen LogP contribution >= 0.6 is 0 Å². The van der Waals surface area contributed by atoms with Gasteiger partial charge in [0.1, 0.15) is 11.5 Å². The second-order valence-electron chi connectivity index (χ2n) is 3.71. The van der Waals surface area contributed by atoms with Gasteiger partial charge in [-0.2, -0.15) is 0 Å². The SMILES string of the molecule is CCOc1ccc2c(c1)OC(=O)CC2C. The first kappa shape index (κ1) is 10.0. The van der Waals surface area contributed by atoms with Gasteiger partial charge in [0.2, 0.25) is 0 Å². The Morgan fingerprint density at radius 3 is 3.07 bits per heavy atom. The number of hydrogen-bond acceptors (Lipinski definition) is 3. The average Bonchev–Trinajstić information content (AvgIpc) is 2.17. The van der Waals surface area contributed by atoms with Gasteiger partial charge in [0, 0.05) is 6.07 Å². The van der Waals surface area contributed by atoms with Crippen molar-refractivity contribution in [2.45, 2.75) is 26.2 Å². The summed E-state index contributed by atoms with van der Waals surface area (Å²) in [5.41, 5.74) is 1.08. The van der Waals surface area contributed by atoms with Crippen molar-refractivity contribution >= 4 is 5.97 Å². The lowest BCUT2D eigenvalue weighted by Gasteiger charge is -2.21. The molecule has 1 heterocycles. The Bertz CT molecular complexity index is 384. The number of carbonyl (C=O) groups excluding carboxylic acids is 1. The predicted molar refractivity (Wildman–Crippen MR) is 56.3 cm³/mol. The minimum absolute atomic E-state index is 0.163. The lowest BCUT2D eigenvalue weighted by molar-refractivity contribution is -0.135. The highest BCUT2D eigenvalue weighted by Crippen LogP contribution is 2.36. The fourth-order valence-electron chi connectivity index (χ4n) is 1.79. The van der Waals surface area contributed by atoms with Gasteiger partial charge in [-0.05, 0) is 24.5 Å². The Morgan fingerprint density at radius 1 is 1.53 bits per heavy atom. The highest BCUT2D eigenvalue weighted by molar-refractivity contribution is 5.76. The second-order valence-corrected chi connectivity index (χ2v) is 3.71. The Hall–Kier alpha value is -1.51. The predicted octanol–water partition coefficient (Wildman–Crippen LogP) is 2.50. The van der Waals surface area contributed by atoms with Gasteiger partial charge in [0.15, 0.2) is 0 Å². The minimum atomic E-state index is -0.163. The summed E-state index contributed by atoms with van der Waals surface area (Å²) < 4.78 is 10.5. The van der Waals surface area contributed by atoms with E-state index >= 15 is 0 Å². The fraction of sp³-hybridized carbons (Fsp3) is 0.417. The van der Waals surface area contributed by atoms with Crippen LogP contribution in [0.25, 0.3) is 0 Å². The summed E-state index contributed by atoms with van der Waals surface area (Å²) in [5.74, 6) is 1.46. The van der Waals surface area contributed by atoms with Crippen molar-refractivity contribution in [2.24, 2.45) is 0 Å². The van der Waals surface area contributed by atoms with E-state index < -0.39 is 0 Å². The van der Waals surface area contributed by atoms with E-state index in [1.807, 2.05) is 26.0 Å². The lowest BCUT2D eigenvalue weighted by Crippen LogP contribution is -2.18. The molecule has 3 nitrogen and oxygen atoms in total. The van der Waals surface area contributed by atoms with E-state index in [1.54, 1.807) is 6.07 Å². The van der Waals surface area contributed by atoms with Crippen LogP contribution < -0.4 is 9.47 Å². The molecule has 3 heteroatoms. The second kappa shape index (κ2) is 3.93. The number of rotatable bonds is 2.